The molecule has 144 valence electrons. The molecular formula is C20H21ClN6O. The first-order valence-corrected chi connectivity index (χ1v) is 9.51. The summed E-state index contributed by atoms with van der Waals surface area (Å²) in [6, 6.07) is 13.6. The van der Waals surface area contributed by atoms with Crippen molar-refractivity contribution in [2.45, 2.75) is 12.8 Å². The standard InChI is InChI=1S/C20H21ClN6O/c1-28-18-9-4-14(21)12-17(18)24-19-13-22-26-20(25-19)23-15-5-7-16(8-6-15)27-10-2-3-11-27/h4-9,12-13H,2-3,10-11H2,1H3,(H2,23,24,25,26). The van der Waals surface area contributed by atoms with Crippen molar-refractivity contribution in [3.8, 4) is 5.75 Å². The number of methoxy groups -OCH3 is 1. The minimum absolute atomic E-state index is 0.403. The zero-order chi connectivity index (χ0) is 19.3. The molecule has 0 atom stereocenters. The second-order valence-corrected chi connectivity index (χ2v) is 6.94. The first-order chi connectivity index (χ1) is 13.7. The van der Waals surface area contributed by atoms with Gasteiger partial charge in [-0.15, -0.1) is 5.10 Å². The van der Waals surface area contributed by atoms with E-state index in [9.17, 15) is 0 Å². The zero-order valence-electron chi connectivity index (χ0n) is 15.5. The first-order valence-electron chi connectivity index (χ1n) is 9.13. The van der Waals surface area contributed by atoms with E-state index in [1.807, 2.05) is 12.1 Å². The Kier molecular flexibility index (Phi) is 5.43. The molecule has 7 nitrogen and oxygen atoms in total. The van der Waals surface area contributed by atoms with Gasteiger partial charge in [0, 0.05) is 29.5 Å². The Morgan fingerprint density at radius 1 is 1.04 bits per heavy atom. The van der Waals surface area contributed by atoms with Crippen LogP contribution in [0, 0.1) is 0 Å². The molecule has 0 saturated carbocycles. The van der Waals surface area contributed by atoms with Crippen LogP contribution < -0.4 is 20.3 Å². The molecule has 8 heteroatoms. The summed E-state index contributed by atoms with van der Waals surface area (Å²) >= 11 is 6.08. The van der Waals surface area contributed by atoms with Gasteiger partial charge >= 0.3 is 0 Å². The van der Waals surface area contributed by atoms with Crippen LogP contribution in [0.5, 0.6) is 5.75 Å². The number of halogens is 1. The SMILES string of the molecule is COc1ccc(Cl)cc1Nc1cnnc(Nc2ccc(N3CCCC3)cc2)n1. The molecule has 1 aliphatic rings. The summed E-state index contributed by atoms with van der Waals surface area (Å²) < 4.78 is 5.35. The first kappa shape index (κ1) is 18.3. The van der Waals surface area contributed by atoms with Gasteiger partial charge in [0.15, 0.2) is 5.82 Å². The number of ether oxygens (including phenoxy) is 1. The molecule has 3 aromatic rings. The van der Waals surface area contributed by atoms with Crippen molar-refractivity contribution in [2.75, 3.05) is 35.7 Å². The summed E-state index contributed by atoms with van der Waals surface area (Å²) in [4.78, 5) is 6.86. The van der Waals surface area contributed by atoms with Crippen molar-refractivity contribution < 1.29 is 4.74 Å². The van der Waals surface area contributed by atoms with Crippen LogP contribution in [0.4, 0.5) is 28.8 Å². The van der Waals surface area contributed by atoms with E-state index in [1.54, 1.807) is 31.5 Å². The molecule has 2 N–H and O–H groups in total. The van der Waals surface area contributed by atoms with E-state index in [0.717, 1.165) is 18.8 Å². The van der Waals surface area contributed by atoms with Gasteiger partial charge in [0.25, 0.3) is 0 Å². The molecule has 0 bridgehead atoms. The number of aromatic nitrogens is 3. The van der Waals surface area contributed by atoms with Crippen LogP contribution in [0.1, 0.15) is 12.8 Å². The quantitative estimate of drug-likeness (QED) is 0.629. The van der Waals surface area contributed by atoms with Crippen LogP contribution in [-0.4, -0.2) is 35.4 Å². The highest BCUT2D eigenvalue weighted by molar-refractivity contribution is 6.31. The smallest absolute Gasteiger partial charge is 0.249 e. The Morgan fingerprint density at radius 3 is 2.57 bits per heavy atom. The van der Waals surface area contributed by atoms with E-state index in [4.69, 9.17) is 16.3 Å². The van der Waals surface area contributed by atoms with Crippen LogP contribution >= 0.6 is 11.6 Å². The normalized spacial score (nSPS) is 13.4. The highest BCUT2D eigenvalue weighted by atomic mass is 35.5. The molecule has 0 aliphatic carbocycles. The van der Waals surface area contributed by atoms with Crippen molar-refractivity contribution in [1.82, 2.24) is 15.2 Å². The van der Waals surface area contributed by atoms with E-state index in [1.165, 1.54) is 18.5 Å². The molecule has 2 aromatic carbocycles. The summed E-state index contributed by atoms with van der Waals surface area (Å²) in [6.07, 6.45) is 4.06. The van der Waals surface area contributed by atoms with Gasteiger partial charge in [0.2, 0.25) is 5.95 Å². The van der Waals surface area contributed by atoms with Gasteiger partial charge in [0.1, 0.15) is 5.75 Å². The average Bonchev–Trinajstić information content (AvgIpc) is 3.24. The van der Waals surface area contributed by atoms with Gasteiger partial charge in [-0.25, -0.2) is 0 Å². The van der Waals surface area contributed by atoms with E-state index in [-0.39, 0.29) is 0 Å². The Morgan fingerprint density at radius 2 is 1.82 bits per heavy atom. The predicted molar refractivity (Wildman–Crippen MR) is 112 cm³/mol. The van der Waals surface area contributed by atoms with Crippen molar-refractivity contribution in [2.24, 2.45) is 0 Å². The fourth-order valence-corrected chi connectivity index (χ4v) is 3.36. The number of anilines is 5. The lowest BCUT2D eigenvalue weighted by Crippen LogP contribution is -2.17. The lowest BCUT2D eigenvalue weighted by atomic mass is 10.2. The molecule has 0 radical (unpaired) electrons. The van der Waals surface area contributed by atoms with Crippen molar-refractivity contribution in [1.29, 1.82) is 0 Å². The zero-order valence-corrected chi connectivity index (χ0v) is 16.3. The summed E-state index contributed by atoms with van der Waals surface area (Å²) in [6.45, 7) is 2.25. The largest absolute Gasteiger partial charge is 0.495 e. The van der Waals surface area contributed by atoms with Crippen LogP contribution in [0.25, 0.3) is 0 Å². The predicted octanol–water partition coefficient (Wildman–Crippen LogP) is 4.62. The second kappa shape index (κ2) is 8.31. The van der Waals surface area contributed by atoms with Crippen LogP contribution in [0.15, 0.2) is 48.7 Å². The molecule has 1 aromatic heterocycles. The average molecular weight is 397 g/mol. The topological polar surface area (TPSA) is 75.2 Å². The van der Waals surface area contributed by atoms with Crippen LogP contribution in [0.2, 0.25) is 5.02 Å². The third-order valence-corrected chi connectivity index (χ3v) is 4.81. The van der Waals surface area contributed by atoms with Gasteiger partial charge < -0.3 is 20.3 Å². The van der Waals surface area contributed by atoms with E-state index in [0.29, 0.717) is 28.2 Å². The van der Waals surface area contributed by atoms with Crippen molar-refractivity contribution >= 4 is 40.4 Å². The molecule has 1 saturated heterocycles. The number of nitrogens with one attached hydrogen (secondary N) is 2. The minimum atomic E-state index is 0.403. The minimum Gasteiger partial charge on any atom is -0.495 e. The number of rotatable bonds is 6. The van der Waals surface area contributed by atoms with Gasteiger partial charge in [0.05, 0.1) is 19.0 Å². The highest BCUT2D eigenvalue weighted by Crippen LogP contribution is 2.30. The van der Waals surface area contributed by atoms with Crippen LogP contribution in [0.3, 0.4) is 0 Å². The highest BCUT2D eigenvalue weighted by Gasteiger charge is 2.12. The van der Waals surface area contributed by atoms with Crippen LogP contribution in [-0.2, 0) is 0 Å². The molecule has 4 rings (SSSR count). The molecule has 0 unspecified atom stereocenters. The van der Waals surface area contributed by atoms with Gasteiger partial charge in [-0.3, -0.25) is 0 Å². The lowest BCUT2D eigenvalue weighted by molar-refractivity contribution is 0.417. The second-order valence-electron chi connectivity index (χ2n) is 6.50. The Hall–Kier alpha value is -3.06. The lowest BCUT2D eigenvalue weighted by Gasteiger charge is -2.17. The summed E-state index contributed by atoms with van der Waals surface area (Å²) in [5.74, 6) is 1.60. The Labute approximate surface area is 168 Å². The Bertz CT molecular complexity index is 944. The van der Waals surface area contributed by atoms with E-state index in [2.05, 4.69) is 42.8 Å². The fourth-order valence-electron chi connectivity index (χ4n) is 3.19. The van der Waals surface area contributed by atoms with Gasteiger partial charge in [-0.2, -0.15) is 10.1 Å². The summed E-state index contributed by atoms with van der Waals surface area (Å²) in [5.41, 5.74) is 2.85. The number of benzene rings is 2. The summed E-state index contributed by atoms with van der Waals surface area (Å²) in [7, 11) is 1.60. The summed E-state index contributed by atoms with van der Waals surface area (Å²) in [5, 5.41) is 15.0. The van der Waals surface area contributed by atoms with Crippen molar-refractivity contribution in [3.63, 3.8) is 0 Å². The van der Waals surface area contributed by atoms with E-state index >= 15 is 0 Å². The molecule has 28 heavy (non-hydrogen) atoms. The third kappa shape index (κ3) is 4.26. The molecule has 0 amide bonds. The maximum Gasteiger partial charge on any atom is 0.249 e. The third-order valence-electron chi connectivity index (χ3n) is 4.58. The molecule has 1 fully saturated rings. The number of nitrogens with zero attached hydrogens (tertiary/aromatic N) is 4. The van der Waals surface area contributed by atoms with Gasteiger partial charge in [-0.1, -0.05) is 11.6 Å². The monoisotopic (exact) mass is 396 g/mol. The number of hydrogen-bond acceptors (Lipinski definition) is 7. The number of hydrogen-bond donors (Lipinski definition) is 2. The molecule has 2 heterocycles. The molecular weight excluding hydrogens is 376 g/mol. The fraction of sp³-hybridized carbons (Fsp3) is 0.250. The maximum absolute atomic E-state index is 6.08. The van der Waals surface area contributed by atoms with Crippen molar-refractivity contribution in [3.05, 3.63) is 53.7 Å². The van der Waals surface area contributed by atoms with E-state index < -0.39 is 0 Å². The van der Waals surface area contributed by atoms with Gasteiger partial charge in [-0.05, 0) is 55.3 Å². The molecule has 0 spiro atoms. The molecule has 1 aliphatic heterocycles. The Balaban J connectivity index is 1.47. The maximum atomic E-state index is 6.08.